The molecule has 0 aliphatic heterocycles. The van der Waals surface area contributed by atoms with Crippen LogP contribution in [-0.2, 0) is 34.7 Å². The molecule has 2 aliphatic rings. The van der Waals surface area contributed by atoms with Gasteiger partial charge >= 0.3 is 0 Å². The van der Waals surface area contributed by atoms with E-state index in [2.05, 4.69) is 30.7 Å². The Hall–Kier alpha value is -2.77. The normalized spacial score (nSPS) is 17.9. The number of nitrogens with zero attached hydrogens (tertiary/aromatic N) is 5. The number of amides is 1. The minimum atomic E-state index is -3.81. The molecular formula is C23H32N8O3S2. The monoisotopic (exact) mass is 532 g/mol. The zero-order valence-corrected chi connectivity index (χ0v) is 22.5. The van der Waals surface area contributed by atoms with E-state index in [9.17, 15) is 13.2 Å². The molecule has 1 unspecified atom stereocenters. The molecule has 1 fully saturated rings. The van der Waals surface area contributed by atoms with Crippen molar-refractivity contribution in [2.24, 2.45) is 18.9 Å². The fourth-order valence-electron chi connectivity index (χ4n) is 4.49. The van der Waals surface area contributed by atoms with Gasteiger partial charge in [-0.2, -0.15) is 5.10 Å². The third kappa shape index (κ3) is 5.04. The lowest BCUT2D eigenvalue weighted by Gasteiger charge is -2.25. The summed E-state index contributed by atoms with van der Waals surface area (Å²) in [6.45, 7) is 6.17. The van der Waals surface area contributed by atoms with Crippen molar-refractivity contribution in [1.29, 1.82) is 0 Å². The van der Waals surface area contributed by atoms with Crippen LogP contribution in [0.15, 0.2) is 17.3 Å². The van der Waals surface area contributed by atoms with Crippen LogP contribution in [-0.4, -0.2) is 45.4 Å². The highest BCUT2D eigenvalue weighted by Gasteiger charge is 2.36. The van der Waals surface area contributed by atoms with Crippen molar-refractivity contribution in [3.05, 3.63) is 28.5 Å². The van der Waals surface area contributed by atoms with Gasteiger partial charge in [0.05, 0.1) is 5.69 Å². The maximum absolute atomic E-state index is 13.5. The van der Waals surface area contributed by atoms with Crippen LogP contribution in [0.4, 0.5) is 16.8 Å². The Morgan fingerprint density at radius 1 is 1.28 bits per heavy atom. The van der Waals surface area contributed by atoms with Crippen LogP contribution in [0.5, 0.6) is 0 Å². The molecule has 3 heterocycles. The zero-order chi connectivity index (χ0) is 25.6. The average molecular weight is 533 g/mol. The van der Waals surface area contributed by atoms with Gasteiger partial charge in [-0.15, -0.1) is 21.5 Å². The minimum Gasteiger partial charge on any atom is -0.316 e. The fourth-order valence-corrected chi connectivity index (χ4v) is 7.68. The number of aryl methyl sites for hydroxylation is 3. The number of aromatic nitrogens is 5. The van der Waals surface area contributed by atoms with Crippen LogP contribution in [0, 0.1) is 18.8 Å². The summed E-state index contributed by atoms with van der Waals surface area (Å²) in [5.41, 5.74) is 1.66. The van der Waals surface area contributed by atoms with Gasteiger partial charge in [-0.05, 0) is 50.5 Å². The molecule has 36 heavy (non-hydrogen) atoms. The van der Waals surface area contributed by atoms with E-state index in [-0.39, 0.29) is 28.7 Å². The number of anilines is 3. The molecule has 0 radical (unpaired) electrons. The van der Waals surface area contributed by atoms with Crippen molar-refractivity contribution < 1.29 is 13.2 Å². The van der Waals surface area contributed by atoms with E-state index in [1.165, 1.54) is 11.3 Å². The van der Waals surface area contributed by atoms with Gasteiger partial charge in [-0.25, -0.2) is 13.1 Å². The Balaban J connectivity index is 1.46. The Bertz CT molecular complexity index is 1380. The second-order valence-corrected chi connectivity index (χ2v) is 12.9. The number of sulfonamides is 1. The molecule has 2 aliphatic carbocycles. The highest BCUT2D eigenvalue weighted by Crippen LogP contribution is 2.44. The largest absolute Gasteiger partial charge is 0.316 e. The van der Waals surface area contributed by atoms with Crippen molar-refractivity contribution in [1.82, 2.24) is 29.3 Å². The van der Waals surface area contributed by atoms with Gasteiger partial charge in [0.1, 0.15) is 22.0 Å². The predicted octanol–water partition coefficient (Wildman–Crippen LogP) is 3.14. The summed E-state index contributed by atoms with van der Waals surface area (Å²) in [4.78, 5) is 13.8. The maximum atomic E-state index is 13.5. The van der Waals surface area contributed by atoms with Gasteiger partial charge in [0.25, 0.3) is 0 Å². The standard InChI is InChI=1S/C23H32N8O3S2/c1-13(2)11-25-36(33,34)20-17-10-16(7-8-18(17)35-22(20)27-21(32)15-5-6-15)31-12-24-28-23(31)26-19-9-14(3)29-30(19)4/h9,12-13,15-16,25H,5-8,10-11H2,1-4H3,(H,26,28)(H,27,32). The predicted molar refractivity (Wildman–Crippen MR) is 138 cm³/mol. The number of rotatable bonds is 9. The third-order valence-corrected chi connectivity index (χ3v) is 9.40. The van der Waals surface area contributed by atoms with Gasteiger partial charge in [-0.3, -0.25) is 14.0 Å². The Kier molecular flexibility index (Phi) is 6.64. The Labute approximate surface area is 214 Å². The van der Waals surface area contributed by atoms with E-state index in [0.717, 1.165) is 41.2 Å². The average Bonchev–Trinajstić information content (AvgIpc) is 3.34. The van der Waals surface area contributed by atoms with E-state index in [4.69, 9.17) is 0 Å². The number of hydrogen-bond donors (Lipinski definition) is 3. The van der Waals surface area contributed by atoms with E-state index in [1.54, 1.807) is 11.0 Å². The van der Waals surface area contributed by atoms with Crippen molar-refractivity contribution in [2.45, 2.75) is 63.8 Å². The zero-order valence-electron chi connectivity index (χ0n) is 20.9. The number of carbonyl (C=O) groups excluding carboxylic acids is 1. The first kappa shape index (κ1) is 24.9. The van der Waals surface area contributed by atoms with E-state index < -0.39 is 10.0 Å². The lowest BCUT2D eigenvalue weighted by Crippen LogP contribution is -2.30. The Morgan fingerprint density at radius 3 is 2.72 bits per heavy atom. The second kappa shape index (κ2) is 9.60. The van der Waals surface area contributed by atoms with Gasteiger partial charge in [0.15, 0.2) is 0 Å². The van der Waals surface area contributed by atoms with Gasteiger partial charge < -0.3 is 10.6 Å². The number of carbonyl (C=O) groups is 1. The van der Waals surface area contributed by atoms with Crippen molar-refractivity contribution >= 4 is 44.0 Å². The Morgan fingerprint density at radius 2 is 2.06 bits per heavy atom. The molecule has 1 amide bonds. The van der Waals surface area contributed by atoms with Crippen LogP contribution in [0.1, 0.15) is 55.3 Å². The van der Waals surface area contributed by atoms with E-state index in [1.807, 2.05) is 38.5 Å². The number of fused-ring (bicyclic) bond motifs is 1. The quantitative estimate of drug-likeness (QED) is 0.385. The van der Waals surface area contributed by atoms with Crippen LogP contribution in [0.2, 0.25) is 0 Å². The molecule has 11 nitrogen and oxygen atoms in total. The molecule has 0 bridgehead atoms. The van der Waals surface area contributed by atoms with Crippen molar-refractivity contribution in [2.75, 3.05) is 17.2 Å². The first-order valence-electron chi connectivity index (χ1n) is 12.2. The maximum Gasteiger partial charge on any atom is 0.243 e. The summed E-state index contributed by atoms with van der Waals surface area (Å²) in [5, 5.41) is 19.4. The lowest BCUT2D eigenvalue weighted by atomic mass is 9.94. The summed E-state index contributed by atoms with van der Waals surface area (Å²) in [6.07, 6.45) is 5.39. The molecule has 13 heteroatoms. The SMILES string of the molecule is Cc1cc(Nc2nncn2C2CCc3sc(NC(=O)C4CC4)c(S(=O)(=O)NCC(C)C)c3C2)n(C)n1. The number of thiophene rings is 1. The smallest absolute Gasteiger partial charge is 0.243 e. The first-order chi connectivity index (χ1) is 17.1. The molecule has 0 spiro atoms. The summed E-state index contributed by atoms with van der Waals surface area (Å²) >= 11 is 1.39. The first-order valence-corrected chi connectivity index (χ1v) is 14.5. The molecule has 194 valence electrons. The summed E-state index contributed by atoms with van der Waals surface area (Å²) in [6, 6.07) is 1.89. The van der Waals surface area contributed by atoms with E-state index in [0.29, 0.717) is 30.3 Å². The van der Waals surface area contributed by atoms with Gasteiger partial charge in [0.2, 0.25) is 21.9 Å². The topological polar surface area (TPSA) is 136 Å². The fraction of sp³-hybridized carbons (Fsp3) is 0.565. The van der Waals surface area contributed by atoms with Gasteiger partial charge in [-0.1, -0.05) is 13.8 Å². The molecule has 0 saturated heterocycles. The minimum absolute atomic E-state index is 0.0163. The molecule has 1 atom stereocenters. The van der Waals surface area contributed by atoms with Crippen molar-refractivity contribution in [3.8, 4) is 0 Å². The lowest BCUT2D eigenvalue weighted by molar-refractivity contribution is -0.117. The molecule has 0 aromatic carbocycles. The highest BCUT2D eigenvalue weighted by molar-refractivity contribution is 7.90. The highest BCUT2D eigenvalue weighted by atomic mass is 32.2. The summed E-state index contributed by atoms with van der Waals surface area (Å²) in [5.74, 6) is 1.42. The van der Waals surface area contributed by atoms with Crippen LogP contribution >= 0.6 is 11.3 Å². The van der Waals surface area contributed by atoms with Crippen LogP contribution < -0.4 is 15.4 Å². The van der Waals surface area contributed by atoms with E-state index >= 15 is 0 Å². The number of nitrogens with one attached hydrogen (secondary N) is 3. The molecule has 3 aromatic heterocycles. The number of hydrogen-bond acceptors (Lipinski definition) is 8. The van der Waals surface area contributed by atoms with Gasteiger partial charge in [0, 0.05) is 36.5 Å². The summed E-state index contributed by atoms with van der Waals surface area (Å²) in [7, 11) is -1.96. The molecule has 5 rings (SSSR count). The summed E-state index contributed by atoms with van der Waals surface area (Å²) < 4.78 is 33.4. The second-order valence-electron chi connectivity index (χ2n) is 10.0. The molecule has 3 aromatic rings. The molecule has 1 saturated carbocycles. The molecule has 3 N–H and O–H groups in total. The van der Waals surface area contributed by atoms with Crippen LogP contribution in [0.3, 0.4) is 0 Å². The third-order valence-electron chi connectivity index (χ3n) is 6.53. The molecular weight excluding hydrogens is 500 g/mol. The van der Waals surface area contributed by atoms with Crippen molar-refractivity contribution in [3.63, 3.8) is 0 Å². The van der Waals surface area contributed by atoms with Crippen LogP contribution in [0.25, 0.3) is 0 Å².